The molecule has 2 saturated heterocycles. The van der Waals surface area contributed by atoms with Crippen LogP contribution in [0.5, 0.6) is 0 Å². The number of amides is 2. The third kappa shape index (κ3) is 3.79. The number of ether oxygens (including phenoxy) is 1. The molecule has 0 N–H and O–H groups in total. The van der Waals surface area contributed by atoms with Crippen LogP contribution in [0.25, 0.3) is 0 Å². The Labute approximate surface area is 209 Å². The van der Waals surface area contributed by atoms with Crippen molar-refractivity contribution in [3.8, 4) is 6.07 Å². The molecule has 1 unspecified atom stereocenters. The van der Waals surface area contributed by atoms with Gasteiger partial charge < -0.3 is 9.64 Å². The van der Waals surface area contributed by atoms with Gasteiger partial charge in [0.1, 0.15) is 17.0 Å². The van der Waals surface area contributed by atoms with Crippen molar-refractivity contribution >= 4 is 12.0 Å². The summed E-state index contributed by atoms with van der Waals surface area (Å²) in [7, 11) is 0. The molecule has 2 heterocycles. The van der Waals surface area contributed by atoms with Crippen molar-refractivity contribution in [3.05, 3.63) is 107 Å². The van der Waals surface area contributed by atoms with Gasteiger partial charge in [-0.1, -0.05) is 48.5 Å². The standard InChI is InChI=1S/C29H26FN3O3/c1-28(24-9-3-2-4-10-24)29(36-27(35)33(28)20-23-8-6-5-7-22(23)19-31)15-17-32(18-16-29)26(34)21-11-13-25(30)14-12-21/h2-14H,15-18,20H2,1H3. The lowest BCUT2D eigenvalue weighted by molar-refractivity contribution is -0.0551. The number of hydrogen-bond donors (Lipinski definition) is 0. The molecule has 2 aliphatic rings. The molecule has 3 aromatic rings. The number of hydrogen-bond acceptors (Lipinski definition) is 4. The van der Waals surface area contributed by atoms with E-state index in [4.69, 9.17) is 4.74 Å². The number of rotatable bonds is 4. The summed E-state index contributed by atoms with van der Waals surface area (Å²) >= 11 is 0. The maximum Gasteiger partial charge on any atom is 0.411 e. The van der Waals surface area contributed by atoms with Crippen molar-refractivity contribution in [3.63, 3.8) is 0 Å². The van der Waals surface area contributed by atoms with Crippen molar-refractivity contribution in [1.29, 1.82) is 5.26 Å². The summed E-state index contributed by atoms with van der Waals surface area (Å²) < 4.78 is 19.5. The fourth-order valence-electron chi connectivity index (χ4n) is 5.53. The van der Waals surface area contributed by atoms with Crippen molar-refractivity contribution in [1.82, 2.24) is 9.80 Å². The van der Waals surface area contributed by atoms with E-state index >= 15 is 0 Å². The van der Waals surface area contributed by atoms with E-state index in [1.54, 1.807) is 21.9 Å². The molecule has 1 spiro atoms. The number of nitriles is 1. The Bertz CT molecular complexity index is 1330. The molecule has 2 aliphatic heterocycles. The zero-order chi connectivity index (χ0) is 25.3. The van der Waals surface area contributed by atoms with Gasteiger partial charge in [-0.3, -0.25) is 9.69 Å². The van der Waals surface area contributed by atoms with E-state index < -0.39 is 23.1 Å². The molecule has 6 nitrogen and oxygen atoms in total. The second-order valence-electron chi connectivity index (χ2n) is 9.45. The Kier molecular flexibility index (Phi) is 5.97. The Balaban J connectivity index is 1.47. The fraction of sp³-hybridized carbons (Fsp3) is 0.276. The van der Waals surface area contributed by atoms with Crippen LogP contribution < -0.4 is 0 Å². The van der Waals surface area contributed by atoms with E-state index in [9.17, 15) is 19.2 Å². The van der Waals surface area contributed by atoms with Gasteiger partial charge in [0.05, 0.1) is 18.2 Å². The summed E-state index contributed by atoms with van der Waals surface area (Å²) in [6.07, 6.45) is 0.466. The van der Waals surface area contributed by atoms with Crippen LogP contribution in [0, 0.1) is 17.1 Å². The predicted molar refractivity (Wildman–Crippen MR) is 131 cm³/mol. The number of halogens is 1. The molecule has 2 amide bonds. The number of carbonyl (C=O) groups is 2. The number of piperidine rings is 1. The van der Waals surface area contributed by atoms with Crippen LogP contribution in [0.15, 0.2) is 78.9 Å². The topological polar surface area (TPSA) is 73.6 Å². The Hall–Kier alpha value is -4.18. The fourth-order valence-corrected chi connectivity index (χ4v) is 5.53. The molecule has 2 fully saturated rings. The molecule has 0 aliphatic carbocycles. The summed E-state index contributed by atoms with van der Waals surface area (Å²) in [5.74, 6) is -0.561. The highest BCUT2D eigenvalue weighted by molar-refractivity contribution is 5.94. The lowest BCUT2D eigenvalue weighted by atomic mass is 9.70. The minimum atomic E-state index is -0.855. The van der Waals surface area contributed by atoms with Crippen molar-refractivity contribution in [2.45, 2.75) is 37.5 Å². The molecular formula is C29H26FN3O3. The van der Waals surface area contributed by atoms with Crippen molar-refractivity contribution in [2.75, 3.05) is 13.1 Å². The summed E-state index contributed by atoms with van der Waals surface area (Å²) in [6, 6.07) is 24.8. The van der Waals surface area contributed by atoms with Crippen molar-refractivity contribution in [2.24, 2.45) is 0 Å². The number of likely N-dealkylation sites (tertiary alicyclic amines) is 1. The van der Waals surface area contributed by atoms with E-state index in [1.165, 1.54) is 24.3 Å². The first-order valence-electron chi connectivity index (χ1n) is 12.0. The monoisotopic (exact) mass is 483 g/mol. The summed E-state index contributed by atoms with van der Waals surface area (Å²) in [5.41, 5.74) is 0.951. The van der Waals surface area contributed by atoms with Gasteiger partial charge in [0.2, 0.25) is 0 Å². The van der Waals surface area contributed by atoms with Crippen LogP contribution in [0.3, 0.4) is 0 Å². The normalized spacial score (nSPS) is 20.8. The molecule has 5 rings (SSSR count). The Morgan fingerprint density at radius 2 is 1.64 bits per heavy atom. The molecule has 1 atom stereocenters. The number of nitrogens with zero attached hydrogens (tertiary/aromatic N) is 3. The minimum Gasteiger partial charge on any atom is -0.440 e. The van der Waals surface area contributed by atoms with Gasteiger partial charge >= 0.3 is 6.09 Å². The first kappa shape index (κ1) is 23.6. The average molecular weight is 484 g/mol. The van der Waals surface area contributed by atoms with E-state index in [1.807, 2.05) is 49.4 Å². The van der Waals surface area contributed by atoms with Gasteiger partial charge in [-0.15, -0.1) is 0 Å². The average Bonchev–Trinajstić information content (AvgIpc) is 3.11. The summed E-state index contributed by atoms with van der Waals surface area (Å²) in [6.45, 7) is 3.04. The Morgan fingerprint density at radius 1 is 1.00 bits per heavy atom. The molecule has 0 radical (unpaired) electrons. The Morgan fingerprint density at radius 3 is 2.31 bits per heavy atom. The van der Waals surface area contributed by atoms with Gasteiger partial charge in [0.15, 0.2) is 0 Å². The highest BCUT2D eigenvalue weighted by atomic mass is 19.1. The lowest BCUT2D eigenvalue weighted by Crippen LogP contribution is -2.58. The second-order valence-corrected chi connectivity index (χ2v) is 9.45. The van der Waals surface area contributed by atoms with E-state index in [-0.39, 0.29) is 12.5 Å². The number of benzene rings is 3. The van der Waals surface area contributed by atoms with E-state index in [0.717, 1.165) is 11.1 Å². The van der Waals surface area contributed by atoms with Crippen LogP contribution in [0.4, 0.5) is 9.18 Å². The highest BCUT2D eigenvalue weighted by Gasteiger charge is 2.63. The van der Waals surface area contributed by atoms with E-state index in [2.05, 4.69) is 6.07 Å². The smallest absolute Gasteiger partial charge is 0.411 e. The van der Waals surface area contributed by atoms with Gasteiger partial charge in [0, 0.05) is 31.5 Å². The summed E-state index contributed by atoms with van der Waals surface area (Å²) in [5, 5.41) is 9.59. The van der Waals surface area contributed by atoms with Crippen LogP contribution in [-0.2, 0) is 16.8 Å². The maximum atomic E-state index is 13.4. The highest BCUT2D eigenvalue weighted by Crippen LogP contribution is 2.52. The molecular weight excluding hydrogens is 457 g/mol. The quantitative estimate of drug-likeness (QED) is 0.509. The van der Waals surface area contributed by atoms with Crippen LogP contribution in [0.2, 0.25) is 0 Å². The predicted octanol–water partition coefficient (Wildman–Crippen LogP) is 5.24. The maximum absolute atomic E-state index is 13.4. The van der Waals surface area contributed by atoms with Crippen LogP contribution in [-0.4, -0.2) is 40.5 Å². The molecule has 36 heavy (non-hydrogen) atoms. The van der Waals surface area contributed by atoms with E-state index in [0.29, 0.717) is 37.1 Å². The zero-order valence-electron chi connectivity index (χ0n) is 20.0. The third-order valence-corrected chi connectivity index (χ3v) is 7.68. The number of carbonyl (C=O) groups excluding carboxylic acids is 2. The molecule has 0 saturated carbocycles. The molecule has 7 heteroatoms. The first-order chi connectivity index (χ1) is 17.4. The molecule has 182 valence electrons. The largest absolute Gasteiger partial charge is 0.440 e. The molecule has 0 aromatic heterocycles. The first-order valence-corrected chi connectivity index (χ1v) is 12.0. The lowest BCUT2D eigenvalue weighted by Gasteiger charge is -2.48. The molecule has 3 aromatic carbocycles. The SMILES string of the molecule is CC1(c2ccccc2)N(Cc2ccccc2C#N)C(=O)OC12CCN(C(=O)c1ccc(F)cc1)CC2. The van der Waals surface area contributed by atoms with Crippen molar-refractivity contribution < 1.29 is 18.7 Å². The van der Waals surface area contributed by atoms with Gasteiger partial charge in [-0.05, 0) is 48.4 Å². The second kappa shape index (κ2) is 9.12. The third-order valence-electron chi connectivity index (χ3n) is 7.68. The van der Waals surface area contributed by atoms with Gasteiger partial charge in [-0.25, -0.2) is 9.18 Å². The molecule has 0 bridgehead atoms. The van der Waals surface area contributed by atoms with Crippen LogP contribution >= 0.6 is 0 Å². The summed E-state index contributed by atoms with van der Waals surface area (Å²) in [4.78, 5) is 29.9. The van der Waals surface area contributed by atoms with Crippen LogP contribution in [0.1, 0.15) is 46.8 Å². The minimum absolute atomic E-state index is 0.171. The van der Waals surface area contributed by atoms with Gasteiger partial charge in [-0.2, -0.15) is 5.26 Å². The zero-order valence-corrected chi connectivity index (χ0v) is 20.0. The van der Waals surface area contributed by atoms with Gasteiger partial charge in [0.25, 0.3) is 5.91 Å².